The molecule has 0 radical (unpaired) electrons. The molecule has 2 rings (SSSR count). The van der Waals surface area contributed by atoms with Crippen molar-refractivity contribution < 1.29 is 13.6 Å². The second-order valence-corrected chi connectivity index (χ2v) is 5.08. The van der Waals surface area contributed by atoms with E-state index in [1.807, 2.05) is 0 Å². The number of hydrogen-bond donors (Lipinski definition) is 2. The van der Waals surface area contributed by atoms with Crippen molar-refractivity contribution in [1.29, 1.82) is 0 Å². The van der Waals surface area contributed by atoms with Gasteiger partial charge in [0, 0.05) is 24.0 Å². The molecule has 1 amide bonds. The number of rotatable bonds is 3. The Labute approximate surface area is 126 Å². The summed E-state index contributed by atoms with van der Waals surface area (Å²) in [5.74, 6) is -2.33. The standard InChI is InChI=1S/C13H10BrF2N3O2/c14-8-3-11(10(16)4-9(8)15)18-12(20)6-19-5-7(17)1-2-13(19)21/h1-5H,6,17H2,(H,18,20). The number of hydrogen-bond acceptors (Lipinski definition) is 3. The fourth-order valence-corrected chi connectivity index (χ4v) is 1.98. The van der Waals surface area contributed by atoms with Gasteiger partial charge in [-0.25, -0.2) is 8.78 Å². The maximum atomic E-state index is 13.5. The molecule has 1 heterocycles. The van der Waals surface area contributed by atoms with Gasteiger partial charge in [-0.05, 0) is 28.1 Å². The third-order valence-electron chi connectivity index (χ3n) is 2.60. The molecule has 0 fully saturated rings. The van der Waals surface area contributed by atoms with Gasteiger partial charge in [-0.15, -0.1) is 0 Å². The Morgan fingerprint density at radius 2 is 2.00 bits per heavy atom. The van der Waals surface area contributed by atoms with E-state index in [-0.39, 0.29) is 16.7 Å². The number of aromatic nitrogens is 1. The smallest absolute Gasteiger partial charge is 0.251 e. The molecular formula is C13H10BrF2N3O2. The third kappa shape index (κ3) is 3.66. The van der Waals surface area contributed by atoms with Crippen molar-refractivity contribution in [1.82, 2.24) is 4.57 Å². The number of amides is 1. The topological polar surface area (TPSA) is 77.1 Å². The average Bonchev–Trinajstić information content (AvgIpc) is 2.40. The van der Waals surface area contributed by atoms with E-state index in [2.05, 4.69) is 21.2 Å². The second kappa shape index (κ2) is 6.04. The van der Waals surface area contributed by atoms with Gasteiger partial charge < -0.3 is 15.6 Å². The summed E-state index contributed by atoms with van der Waals surface area (Å²) in [6.45, 7) is -0.335. The maximum Gasteiger partial charge on any atom is 0.251 e. The largest absolute Gasteiger partial charge is 0.398 e. The quantitative estimate of drug-likeness (QED) is 0.826. The van der Waals surface area contributed by atoms with Crippen LogP contribution in [-0.2, 0) is 11.3 Å². The van der Waals surface area contributed by atoms with Crippen LogP contribution in [0.25, 0.3) is 0 Å². The summed E-state index contributed by atoms with van der Waals surface area (Å²) < 4.78 is 27.7. The molecule has 0 unspecified atom stereocenters. The molecule has 0 spiro atoms. The van der Waals surface area contributed by atoms with Crippen LogP contribution >= 0.6 is 15.9 Å². The number of nitrogens with one attached hydrogen (secondary N) is 1. The molecule has 0 aliphatic carbocycles. The minimum atomic E-state index is -0.913. The van der Waals surface area contributed by atoms with Crippen LogP contribution in [-0.4, -0.2) is 10.5 Å². The van der Waals surface area contributed by atoms with E-state index in [1.54, 1.807) is 0 Å². The van der Waals surface area contributed by atoms with E-state index in [0.29, 0.717) is 11.8 Å². The van der Waals surface area contributed by atoms with E-state index in [0.717, 1.165) is 10.6 Å². The second-order valence-electron chi connectivity index (χ2n) is 4.22. The van der Waals surface area contributed by atoms with E-state index in [4.69, 9.17) is 5.73 Å². The number of pyridine rings is 1. The molecule has 0 bridgehead atoms. The summed E-state index contributed by atoms with van der Waals surface area (Å²) in [6.07, 6.45) is 1.30. The molecule has 0 aliphatic rings. The maximum absolute atomic E-state index is 13.5. The van der Waals surface area contributed by atoms with Crippen LogP contribution < -0.4 is 16.6 Å². The number of nitrogens with zero attached hydrogens (tertiary/aromatic N) is 1. The Bertz CT molecular complexity index is 762. The van der Waals surface area contributed by atoms with Crippen LogP contribution in [0.4, 0.5) is 20.2 Å². The van der Waals surface area contributed by atoms with Gasteiger partial charge in [0.2, 0.25) is 5.91 Å². The van der Waals surface area contributed by atoms with Crippen LogP contribution in [0.15, 0.2) is 39.7 Å². The SMILES string of the molecule is Nc1ccc(=O)n(CC(=O)Nc2cc(Br)c(F)cc2F)c1. The zero-order valence-corrected chi connectivity index (χ0v) is 12.2. The summed E-state index contributed by atoms with van der Waals surface area (Å²) in [7, 11) is 0. The summed E-state index contributed by atoms with van der Waals surface area (Å²) in [5, 5.41) is 2.26. The Kier molecular flexibility index (Phi) is 4.37. The highest BCUT2D eigenvalue weighted by Gasteiger charge is 2.12. The average molecular weight is 358 g/mol. The molecule has 110 valence electrons. The van der Waals surface area contributed by atoms with Crippen molar-refractivity contribution in [3.05, 3.63) is 56.9 Å². The molecule has 0 atom stereocenters. The molecule has 5 nitrogen and oxygen atoms in total. The molecule has 0 saturated carbocycles. The molecule has 8 heteroatoms. The Morgan fingerprint density at radius 1 is 1.29 bits per heavy atom. The number of anilines is 2. The molecule has 0 aliphatic heterocycles. The monoisotopic (exact) mass is 357 g/mol. The normalized spacial score (nSPS) is 10.4. The first-order valence-electron chi connectivity index (χ1n) is 5.77. The molecule has 1 aromatic heterocycles. The van der Waals surface area contributed by atoms with Crippen molar-refractivity contribution >= 4 is 33.2 Å². The van der Waals surface area contributed by atoms with Crippen LogP contribution in [0, 0.1) is 11.6 Å². The fraction of sp³-hybridized carbons (Fsp3) is 0.0769. The molecule has 2 aromatic rings. The number of nitrogen functional groups attached to an aromatic ring is 1. The van der Waals surface area contributed by atoms with Gasteiger partial charge in [0.1, 0.15) is 18.2 Å². The highest BCUT2D eigenvalue weighted by Crippen LogP contribution is 2.23. The first kappa shape index (κ1) is 15.2. The van der Waals surface area contributed by atoms with Gasteiger partial charge >= 0.3 is 0 Å². The van der Waals surface area contributed by atoms with E-state index in [1.165, 1.54) is 18.3 Å². The molecule has 3 N–H and O–H groups in total. The first-order valence-corrected chi connectivity index (χ1v) is 6.56. The zero-order valence-electron chi connectivity index (χ0n) is 10.6. The van der Waals surface area contributed by atoms with Crippen LogP contribution in [0.1, 0.15) is 0 Å². The predicted molar refractivity (Wildman–Crippen MR) is 77.8 cm³/mol. The summed E-state index contributed by atoms with van der Waals surface area (Å²) >= 11 is 2.89. The minimum Gasteiger partial charge on any atom is -0.398 e. The summed E-state index contributed by atoms with van der Waals surface area (Å²) in [6, 6.07) is 4.38. The van der Waals surface area contributed by atoms with E-state index in [9.17, 15) is 18.4 Å². The number of nitrogens with two attached hydrogens (primary N) is 1. The lowest BCUT2D eigenvalue weighted by Crippen LogP contribution is -2.27. The molecule has 0 saturated heterocycles. The summed E-state index contributed by atoms with van der Waals surface area (Å²) in [5.41, 5.74) is 5.23. The lowest BCUT2D eigenvalue weighted by molar-refractivity contribution is -0.116. The van der Waals surface area contributed by atoms with Crippen LogP contribution in [0.2, 0.25) is 0 Å². The zero-order chi connectivity index (χ0) is 15.6. The number of carbonyl (C=O) groups is 1. The van der Waals surface area contributed by atoms with E-state index < -0.39 is 23.1 Å². The number of carbonyl (C=O) groups excluding carboxylic acids is 1. The highest BCUT2D eigenvalue weighted by atomic mass is 79.9. The highest BCUT2D eigenvalue weighted by molar-refractivity contribution is 9.10. The van der Waals surface area contributed by atoms with Gasteiger partial charge in [-0.2, -0.15) is 0 Å². The van der Waals surface area contributed by atoms with Gasteiger partial charge in [-0.3, -0.25) is 9.59 Å². The van der Waals surface area contributed by atoms with Crippen molar-refractivity contribution in [3.63, 3.8) is 0 Å². The van der Waals surface area contributed by atoms with E-state index >= 15 is 0 Å². The predicted octanol–water partition coefficient (Wildman–Crippen LogP) is 2.11. The van der Waals surface area contributed by atoms with Crippen molar-refractivity contribution in [2.45, 2.75) is 6.54 Å². The first-order chi connectivity index (χ1) is 9.86. The third-order valence-corrected chi connectivity index (χ3v) is 3.21. The summed E-state index contributed by atoms with van der Waals surface area (Å²) in [4.78, 5) is 23.3. The van der Waals surface area contributed by atoms with Gasteiger partial charge in [0.15, 0.2) is 0 Å². The lowest BCUT2D eigenvalue weighted by atomic mass is 10.3. The Morgan fingerprint density at radius 3 is 2.71 bits per heavy atom. The minimum absolute atomic E-state index is 0.0142. The molecule has 21 heavy (non-hydrogen) atoms. The Hall–Kier alpha value is -2.22. The Balaban J connectivity index is 2.17. The van der Waals surface area contributed by atoms with Gasteiger partial charge in [-0.1, -0.05) is 0 Å². The number of benzene rings is 1. The van der Waals surface area contributed by atoms with Gasteiger partial charge in [0.05, 0.1) is 10.2 Å². The fourth-order valence-electron chi connectivity index (χ4n) is 1.64. The van der Waals surface area contributed by atoms with Crippen LogP contribution in [0.3, 0.4) is 0 Å². The molecular weight excluding hydrogens is 348 g/mol. The number of halogens is 3. The molecule has 1 aromatic carbocycles. The van der Waals surface area contributed by atoms with Gasteiger partial charge in [0.25, 0.3) is 5.56 Å². The van der Waals surface area contributed by atoms with Crippen LogP contribution in [0.5, 0.6) is 0 Å². The lowest BCUT2D eigenvalue weighted by Gasteiger charge is -2.09. The van der Waals surface area contributed by atoms with Crippen molar-refractivity contribution in [2.24, 2.45) is 0 Å². The van der Waals surface area contributed by atoms with Crippen molar-refractivity contribution in [3.8, 4) is 0 Å². The van der Waals surface area contributed by atoms with Crippen molar-refractivity contribution in [2.75, 3.05) is 11.1 Å².